The van der Waals surface area contributed by atoms with Crippen molar-refractivity contribution in [3.05, 3.63) is 75.2 Å². The highest BCUT2D eigenvalue weighted by molar-refractivity contribution is 6.07. The Kier molecular flexibility index (Phi) is 7.48. The molecule has 3 aromatic rings. The maximum absolute atomic E-state index is 15.6. The summed E-state index contributed by atoms with van der Waals surface area (Å²) in [6, 6.07) is 6.45. The number of halogens is 4. The van der Waals surface area contributed by atoms with Crippen LogP contribution in [-0.2, 0) is 6.18 Å². The summed E-state index contributed by atoms with van der Waals surface area (Å²) in [5.41, 5.74) is -1.70. The Morgan fingerprint density at radius 1 is 1.15 bits per heavy atom. The Balaban J connectivity index is 1.85. The van der Waals surface area contributed by atoms with Crippen molar-refractivity contribution in [1.29, 1.82) is 5.26 Å². The molecule has 0 saturated carbocycles. The topological polar surface area (TPSA) is 105 Å². The molecule has 1 fully saturated rings. The number of nitriles is 1. The lowest BCUT2D eigenvalue weighted by Crippen LogP contribution is -2.55. The third-order valence-corrected chi connectivity index (χ3v) is 7.02. The lowest BCUT2D eigenvalue weighted by Gasteiger charge is -2.44. The molecule has 204 valence electrons. The number of hydrogen-bond donors (Lipinski definition) is 2. The van der Waals surface area contributed by atoms with Gasteiger partial charge in [-0.25, -0.2) is 9.37 Å². The van der Waals surface area contributed by atoms with E-state index in [1.54, 1.807) is 6.92 Å². The van der Waals surface area contributed by atoms with Gasteiger partial charge in [0.25, 0.3) is 5.91 Å². The van der Waals surface area contributed by atoms with Gasteiger partial charge in [0.1, 0.15) is 17.6 Å². The van der Waals surface area contributed by atoms with Gasteiger partial charge in [-0.15, -0.1) is 0 Å². The quantitative estimate of drug-likeness (QED) is 0.469. The molecular weight excluding hydrogens is 516 g/mol. The van der Waals surface area contributed by atoms with Gasteiger partial charge in [-0.2, -0.15) is 18.4 Å². The average molecular weight is 543 g/mol. The fourth-order valence-corrected chi connectivity index (χ4v) is 4.71. The second kappa shape index (κ2) is 10.5. The van der Waals surface area contributed by atoms with Gasteiger partial charge in [-0.1, -0.05) is 0 Å². The lowest BCUT2D eigenvalue weighted by atomic mass is 9.99. The van der Waals surface area contributed by atoms with Crippen molar-refractivity contribution in [2.24, 2.45) is 0 Å². The van der Waals surface area contributed by atoms with Crippen LogP contribution in [0.5, 0.6) is 0 Å². The number of piperazine rings is 1. The monoisotopic (exact) mass is 542 g/mol. The third-order valence-electron chi connectivity index (χ3n) is 7.02. The predicted molar refractivity (Wildman–Crippen MR) is 138 cm³/mol. The van der Waals surface area contributed by atoms with Crippen molar-refractivity contribution < 1.29 is 22.4 Å². The first-order valence-corrected chi connectivity index (χ1v) is 12.1. The fraction of sp³-hybridized carbons (Fsp3) is 0.333. The van der Waals surface area contributed by atoms with E-state index in [1.807, 2.05) is 31.9 Å². The molecule has 1 amide bonds. The zero-order valence-electron chi connectivity index (χ0n) is 21.7. The standard InChI is InChI=1S/C27H26F4N6O2/c1-14-5-17(9-32)33-10-19(14)18-6-23(24(8-22(18)28)37-12-15(2)36(4)16(3)13-37)35-26(39)20-11-34-25(38)7-21(20)27(29,30)31/h5-8,10-11,15-16H,12-13H2,1-4H3,(H,34,38)(H,35,39). The van der Waals surface area contributed by atoms with Crippen molar-refractivity contribution in [3.63, 3.8) is 0 Å². The average Bonchev–Trinajstić information content (AvgIpc) is 2.87. The van der Waals surface area contributed by atoms with Gasteiger partial charge in [0.2, 0.25) is 5.56 Å². The summed E-state index contributed by atoms with van der Waals surface area (Å²) in [6.07, 6.45) is -2.91. The molecule has 2 aromatic heterocycles. The van der Waals surface area contributed by atoms with Crippen molar-refractivity contribution in [3.8, 4) is 17.2 Å². The van der Waals surface area contributed by atoms with E-state index < -0.39 is 34.6 Å². The minimum absolute atomic E-state index is 0.0521. The molecule has 2 N–H and O–H groups in total. The summed E-state index contributed by atoms with van der Waals surface area (Å²) in [6.45, 7) is 6.61. The minimum atomic E-state index is -4.95. The van der Waals surface area contributed by atoms with Crippen LogP contribution in [0, 0.1) is 24.1 Å². The molecule has 1 aliphatic rings. The molecule has 12 heteroatoms. The molecule has 0 aliphatic carbocycles. The van der Waals surface area contributed by atoms with Crippen LogP contribution < -0.4 is 15.8 Å². The molecular formula is C27H26F4N6O2. The number of alkyl halides is 3. The van der Waals surface area contributed by atoms with E-state index in [2.05, 4.69) is 20.2 Å². The number of likely N-dealkylation sites (N-methyl/N-ethyl adjacent to an activating group) is 1. The number of aromatic amines is 1. The van der Waals surface area contributed by atoms with E-state index in [0.717, 1.165) is 0 Å². The van der Waals surface area contributed by atoms with E-state index in [4.69, 9.17) is 5.26 Å². The summed E-state index contributed by atoms with van der Waals surface area (Å²) in [7, 11) is 1.97. The van der Waals surface area contributed by atoms with Gasteiger partial charge in [-0.3, -0.25) is 14.5 Å². The predicted octanol–water partition coefficient (Wildman–Crippen LogP) is 4.56. The fourth-order valence-electron chi connectivity index (χ4n) is 4.71. The number of aromatic nitrogens is 2. The number of anilines is 2. The molecule has 2 unspecified atom stereocenters. The number of carbonyl (C=O) groups excluding carboxylic acids is 1. The van der Waals surface area contributed by atoms with Crippen LogP contribution in [0.3, 0.4) is 0 Å². The number of aryl methyl sites for hydroxylation is 1. The van der Waals surface area contributed by atoms with Crippen LogP contribution in [-0.4, -0.2) is 53.0 Å². The smallest absolute Gasteiger partial charge is 0.367 e. The SMILES string of the molecule is Cc1cc(C#N)ncc1-c1cc(NC(=O)c2c[nH]c(=O)cc2C(F)(F)F)c(N2CC(C)N(C)C(C)C2)cc1F. The van der Waals surface area contributed by atoms with E-state index in [1.165, 1.54) is 24.4 Å². The molecule has 8 nitrogen and oxygen atoms in total. The van der Waals surface area contributed by atoms with E-state index in [-0.39, 0.29) is 29.0 Å². The van der Waals surface area contributed by atoms with Gasteiger partial charge in [0.05, 0.1) is 22.5 Å². The number of nitrogens with one attached hydrogen (secondary N) is 2. The summed E-state index contributed by atoms with van der Waals surface area (Å²) in [5, 5.41) is 11.6. The van der Waals surface area contributed by atoms with Crippen LogP contribution in [0.2, 0.25) is 0 Å². The van der Waals surface area contributed by atoms with Gasteiger partial charge in [-0.05, 0) is 51.6 Å². The van der Waals surface area contributed by atoms with Gasteiger partial charge >= 0.3 is 6.18 Å². The normalized spacial score (nSPS) is 18.1. The molecule has 3 heterocycles. The summed E-state index contributed by atoms with van der Waals surface area (Å²) >= 11 is 0. The van der Waals surface area contributed by atoms with E-state index in [9.17, 15) is 22.8 Å². The highest BCUT2D eigenvalue weighted by Gasteiger charge is 2.36. The highest BCUT2D eigenvalue weighted by Crippen LogP contribution is 2.38. The Morgan fingerprint density at radius 2 is 1.82 bits per heavy atom. The largest absolute Gasteiger partial charge is 0.417 e. The number of H-pyrrole nitrogens is 1. The first kappa shape index (κ1) is 27.8. The van der Waals surface area contributed by atoms with Gasteiger partial charge < -0.3 is 15.2 Å². The van der Waals surface area contributed by atoms with Crippen molar-refractivity contribution >= 4 is 17.3 Å². The molecule has 39 heavy (non-hydrogen) atoms. The number of benzene rings is 1. The lowest BCUT2D eigenvalue weighted by molar-refractivity contribution is -0.138. The van der Waals surface area contributed by atoms with Crippen molar-refractivity contribution in [1.82, 2.24) is 14.9 Å². The van der Waals surface area contributed by atoms with Crippen molar-refractivity contribution in [2.75, 3.05) is 30.4 Å². The molecule has 2 atom stereocenters. The number of rotatable bonds is 4. The highest BCUT2D eigenvalue weighted by atomic mass is 19.4. The number of pyridine rings is 2. The number of nitrogens with zero attached hydrogens (tertiary/aromatic N) is 4. The van der Waals surface area contributed by atoms with Gasteiger partial charge in [0.15, 0.2) is 0 Å². The van der Waals surface area contributed by atoms with Crippen molar-refractivity contribution in [2.45, 2.75) is 39.0 Å². The molecule has 1 saturated heterocycles. The minimum Gasteiger partial charge on any atom is -0.367 e. The molecule has 4 rings (SSSR count). The maximum Gasteiger partial charge on any atom is 0.417 e. The van der Waals surface area contributed by atoms with E-state index >= 15 is 4.39 Å². The van der Waals surface area contributed by atoms with E-state index in [0.29, 0.717) is 42.2 Å². The van der Waals surface area contributed by atoms with Crippen LogP contribution in [0.15, 0.2) is 41.5 Å². The van der Waals surface area contributed by atoms with Crippen LogP contribution in [0.25, 0.3) is 11.1 Å². The third kappa shape index (κ3) is 5.63. The molecule has 0 spiro atoms. The second-order valence-corrected chi connectivity index (χ2v) is 9.69. The van der Waals surface area contributed by atoms with Crippen LogP contribution in [0.4, 0.5) is 28.9 Å². The first-order valence-electron chi connectivity index (χ1n) is 12.1. The van der Waals surface area contributed by atoms with Crippen LogP contribution >= 0.6 is 0 Å². The van der Waals surface area contributed by atoms with Gasteiger partial charge in [0, 0.05) is 54.8 Å². The zero-order chi connectivity index (χ0) is 28.6. The second-order valence-electron chi connectivity index (χ2n) is 9.69. The molecule has 0 radical (unpaired) electrons. The number of amides is 1. The first-order chi connectivity index (χ1) is 18.3. The Morgan fingerprint density at radius 3 is 2.41 bits per heavy atom. The molecule has 0 bridgehead atoms. The molecule has 1 aliphatic heterocycles. The maximum atomic E-state index is 15.6. The summed E-state index contributed by atoms with van der Waals surface area (Å²) in [5.74, 6) is -1.75. The Bertz CT molecular complexity index is 1520. The summed E-state index contributed by atoms with van der Waals surface area (Å²) in [4.78, 5) is 34.9. The Labute approximate surface area is 221 Å². The Hall–Kier alpha value is -4.24. The number of carbonyl (C=O) groups is 1. The zero-order valence-corrected chi connectivity index (χ0v) is 21.7. The molecule has 1 aromatic carbocycles. The van der Waals surface area contributed by atoms with Crippen LogP contribution in [0.1, 0.15) is 41.0 Å². The number of hydrogen-bond acceptors (Lipinski definition) is 6. The summed E-state index contributed by atoms with van der Waals surface area (Å²) < 4.78 is 56.5.